The number of aryl methyl sites for hydroxylation is 1. The van der Waals surface area contributed by atoms with Gasteiger partial charge < -0.3 is 10.6 Å². The highest BCUT2D eigenvalue weighted by molar-refractivity contribution is 5.94. The predicted octanol–water partition coefficient (Wildman–Crippen LogP) is 1.95. The van der Waals surface area contributed by atoms with Crippen LogP contribution >= 0.6 is 0 Å². The van der Waals surface area contributed by atoms with Gasteiger partial charge in [0.1, 0.15) is 5.82 Å². The summed E-state index contributed by atoms with van der Waals surface area (Å²) in [5.74, 6) is -0.239. The minimum atomic E-state index is -2.55. The summed E-state index contributed by atoms with van der Waals surface area (Å²) >= 11 is 0. The molecule has 0 aromatic carbocycles. The number of nitrogens with two attached hydrogens (primary N) is 1. The number of halogens is 2. The van der Waals surface area contributed by atoms with Gasteiger partial charge in [0.25, 0.3) is 12.3 Å². The monoisotopic (exact) mass is 257 g/mol. The van der Waals surface area contributed by atoms with Crippen LogP contribution < -0.4 is 5.73 Å². The topological polar surface area (TPSA) is 59.2 Å². The molecule has 0 bridgehead atoms. The van der Waals surface area contributed by atoms with Crippen molar-refractivity contribution in [1.82, 2.24) is 9.88 Å². The van der Waals surface area contributed by atoms with Crippen molar-refractivity contribution in [2.45, 2.75) is 26.2 Å². The highest BCUT2D eigenvalue weighted by Crippen LogP contribution is 2.12. The van der Waals surface area contributed by atoms with Gasteiger partial charge in [-0.2, -0.15) is 0 Å². The zero-order chi connectivity index (χ0) is 13.7. The molecular weight excluding hydrogens is 240 g/mol. The standard InChI is InChI=1S/C12H17F2N3O/c1-3-4-9-5-8(6-11(15)16-9)12(18)17(2)7-10(13)14/h5-6,10H,3-4,7H2,1-2H3,(H2,15,16). The van der Waals surface area contributed by atoms with Crippen LogP contribution in [0.25, 0.3) is 0 Å². The lowest BCUT2D eigenvalue weighted by Gasteiger charge is -2.17. The third kappa shape index (κ3) is 3.94. The van der Waals surface area contributed by atoms with Gasteiger partial charge in [0, 0.05) is 18.3 Å². The average molecular weight is 257 g/mol. The summed E-state index contributed by atoms with van der Waals surface area (Å²) < 4.78 is 24.4. The van der Waals surface area contributed by atoms with Crippen LogP contribution in [0.3, 0.4) is 0 Å². The lowest BCUT2D eigenvalue weighted by Crippen LogP contribution is -2.31. The zero-order valence-corrected chi connectivity index (χ0v) is 10.5. The van der Waals surface area contributed by atoms with Gasteiger partial charge in [0.15, 0.2) is 0 Å². The molecule has 18 heavy (non-hydrogen) atoms. The number of carbonyl (C=O) groups excluding carboxylic acids is 1. The molecule has 0 aliphatic rings. The van der Waals surface area contributed by atoms with Crippen molar-refractivity contribution in [1.29, 1.82) is 0 Å². The number of hydrogen-bond donors (Lipinski definition) is 1. The molecule has 0 saturated carbocycles. The summed E-state index contributed by atoms with van der Waals surface area (Å²) in [6.45, 7) is 1.39. The fourth-order valence-corrected chi connectivity index (χ4v) is 1.63. The van der Waals surface area contributed by atoms with Crippen molar-refractivity contribution in [3.8, 4) is 0 Å². The second-order valence-electron chi connectivity index (χ2n) is 4.10. The summed E-state index contributed by atoms with van der Waals surface area (Å²) in [7, 11) is 1.34. The van der Waals surface area contributed by atoms with Crippen molar-refractivity contribution in [2.24, 2.45) is 0 Å². The first-order valence-corrected chi connectivity index (χ1v) is 5.74. The first-order valence-electron chi connectivity index (χ1n) is 5.74. The number of pyridine rings is 1. The fourth-order valence-electron chi connectivity index (χ4n) is 1.63. The largest absolute Gasteiger partial charge is 0.384 e. The molecule has 1 rings (SSSR count). The Kier molecular flexibility index (Phi) is 5.00. The van der Waals surface area contributed by atoms with Crippen molar-refractivity contribution in [3.05, 3.63) is 23.4 Å². The van der Waals surface area contributed by atoms with Crippen LogP contribution in [0, 0.1) is 0 Å². The summed E-state index contributed by atoms with van der Waals surface area (Å²) in [5, 5.41) is 0. The van der Waals surface area contributed by atoms with Gasteiger partial charge in [-0.25, -0.2) is 13.8 Å². The van der Waals surface area contributed by atoms with Crippen molar-refractivity contribution >= 4 is 11.7 Å². The molecule has 0 aliphatic carbocycles. The smallest absolute Gasteiger partial charge is 0.255 e. The Morgan fingerprint density at radius 3 is 2.72 bits per heavy atom. The number of carbonyl (C=O) groups is 1. The van der Waals surface area contributed by atoms with Crippen LogP contribution in [0.5, 0.6) is 0 Å². The molecule has 0 fully saturated rings. The quantitative estimate of drug-likeness (QED) is 0.877. The Labute approximate surface area is 105 Å². The molecule has 1 aromatic heterocycles. The fraction of sp³-hybridized carbons (Fsp3) is 0.500. The maximum absolute atomic E-state index is 12.2. The van der Waals surface area contributed by atoms with Crippen LogP contribution in [-0.4, -0.2) is 35.8 Å². The van der Waals surface area contributed by atoms with Gasteiger partial charge >= 0.3 is 0 Å². The minimum Gasteiger partial charge on any atom is -0.384 e. The molecular formula is C12H17F2N3O. The Balaban J connectivity index is 2.91. The Hall–Kier alpha value is -1.72. The highest BCUT2D eigenvalue weighted by Gasteiger charge is 2.17. The van der Waals surface area contributed by atoms with E-state index < -0.39 is 18.9 Å². The van der Waals surface area contributed by atoms with E-state index in [1.807, 2.05) is 6.92 Å². The van der Waals surface area contributed by atoms with E-state index >= 15 is 0 Å². The Bertz CT molecular complexity index is 424. The molecule has 6 heteroatoms. The third-order valence-corrected chi connectivity index (χ3v) is 2.41. The summed E-state index contributed by atoms with van der Waals surface area (Å²) in [4.78, 5) is 17.0. The lowest BCUT2D eigenvalue weighted by atomic mass is 10.1. The predicted molar refractivity (Wildman–Crippen MR) is 65.6 cm³/mol. The first-order chi connectivity index (χ1) is 8.43. The number of alkyl halides is 2. The Morgan fingerprint density at radius 1 is 1.50 bits per heavy atom. The van der Waals surface area contributed by atoms with Crippen molar-refractivity contribution < 1.29 is 13.6 Å². The number of aromatic nitrogens is 1. The van der Waals surface area contributed by atoms with E-state index in [2.05, 4.69) is 4.98 Å². The maximum atomic E-state index is 12.2. The van der Waals surface area contributed by atoms with E-state index in [4.69, 9.17) is 5.73 Å². The second kappa shape index (κ2) is 6.28. The highest BCUT2D eigenvalue weighted by atomic mass is 19.3. The van der Waals surface area contributed by atoms with Crippen LogP contribution in [0.1, 0.15) is 29.4 Å². The molecule has 0 radical (unpaired) electrons. The summed E-state index contributed by atoms with van der Waals surface area (Å²) in [6, 6.07) is 3.01. The SMILES string of the molecule is CCCc1cc(C(=O)N(C)CC(F)F)cc(N)n1. The van der Waals surface area contributed by atoms with Crippen molar-refractivity contribution in [3.63, 3.8) is 0 Å². The molecule has 0 saturated heterocycles. The first kappa shape index (κ1) is 14.3. The lowest BCUT2D eigenvalue weighted by molar-refractivity contribution is 0.0620. The number of nitrogens with zero attached hydrogens (tertiary/aromatic N) is 2. The molecule has 0 atom stereocenters. The van der Waals surface area contributed by atoms with E-state index in [9.17, 15) is 13.6 Å². The van der Waals surface area contributed by atoms with Gasteiger partial charge in [-0.15, -0.1) is 0 Å². The molecule has 1 amide bonds. The van der Waals surface area contributed by atoms with E-state index in [0.717, 1.165) is 11.3 Å². The zero-order valence-electron chi connectivity index (χ0n) is 10.5. The number of hydrogen-bond acceptors (Lipinski definition) is 3. The van der Waals surface area contributed by atoms with Crippen LogP contribution in [0.2, 0.25) is 0 Å². The molecule has 0 unspecified atom stereocenters. The molecule has 4 nitrogen and oxygen atoms in total. The normalized spacial score (nSPS) is 10.7. The molecule has 2 N–H and O–H groups in total. The van der Waals surface area contributed by atoms with E-state index in [0.29, 0.717) is 17.7 Å². The van der Waals surface area contributed by atoms with E-state index in [-0.39, 0.29) is 5.82 Å². The molecule has 0 spiro atoms. The number of amides is 1. The summed E-state index contributed by atoms with van der Waals surface area (Å²) in [6.07, 6.45) is -0.978. The number of nitrogen functional groups attached to an aromatic ring is 1. The van der Waals surface area contributed by atoms with Crippen LogP contribution in [0.4, 0.5) is 14.6 Å². The average Bonchev–Trinajstić information content (AvgIpc) is 2.26. The molecule has 1 aromatic rings. The van der Waals surface area contributed by atoms with Crippen molar-refractivity contribution in [2.75, 3.05) is 19.3 Å². The second-order valence-corrected chi connectivity index (χ2v) is 4.10. The van der Waals surface area contributed by atoms with Gasteiger partial charge in [-0.3, -0.25) is 4.79 Å². The number of rotatable bonds is 5. The molecule has 1 heterocycles. The van der Waals surface area contributed by atoms with Crippen LogP contribution in [-0.2, 0) is 6.42 Å². The van der Waals surface area contributed by atoms with Crippen LogP contribution in [0.15, 0.2) is 12.1 Å². The number of anilines is 1. The molecule has 0 aliphatic heterocycles. The van der Waals surface area contributed by atoms with Gasteiger partial charge in [0.2, 0.25) is 0 Å². The Morgan fingerprint density at radius 2 is 2.17 bits per heavy atom. The van der Waals surface area contributed by atoms with Gasteiger partial charge in [-0.05, 0) is 18.6 Å². The molecule has 100 valence electrons. The minimum absolute atomic E-state index is 0.231. The maximum Gasteiger partial charge on any atom is 0.255 e. The van der Waals surface area contributed by atoms with E-state index in [1.165, 1.54) is 13.1 Å². The van der Waals surface area contributed by atoms with E-state index in [1.54, 1.807) is 6.07 Å². The summed E-state index contributed by atoms with van der Waals surface area (Å²) in [5.41, 5.74) is 6.60. The van der Waals surface area contributed by atoms with Gasteiger partial charge in [-0.1, -0.05) is 13.3 Å². The third-order valence-electron chi connectivity index (χ3n) is 2.41. The van der Waals surface area contributed by atoms with Gasteiger partial charge in [0.05, 0.1) is 6.54 Å².